The number of aliphatic imine (C=N–C) groups is 1. The Labute approximate surface area is 166 Å². The molecule has 0 fully saturated rings. The van der Waals surface area contributed by atoms with Gasteiger partial charge in [0, 0.05) is 29.9 Å². The Morgan fingerprint density at radius 2 is 1.55 bits per heavy atom. The number of hydrogen-bond donors (Lipinski definition) is 2. The molecule has 7 nitrogen and oxygen atoms in total. The van der Waals surface area contributed by atoms with Crippen LogP contribution in [0.4, 0.5) is 18.9 Å². The van der Waals surface area contributed by atoms with Crippen LogP contribution in [0.25, 0.3) is 0 Å². The summed E-state index contributed by atoms with van der Waals surface area (Å²) in [5.74, 6) is 1.59. The van der Waals surface area contributed by atoms with Crippen LogP contribution in [0.5, 0.6) is 23.0 Å². The number of guanidine groups is 1. The number of nitrogens with one attached hydrogen (secondary N) is 1. The van der Waals surface area contributed by atoms with Crippen molar-refractivity contribution >= 4 is 11.6 Å². The van der Waals surface area contributed by atoms with Crippen molar-refractivity contribution in [2.45, 2.75) is 12.8 Å². The molecule has 2 aromatic rings. The van der Waals surface area contributed by atoms with Gasteiger partial charge in [0.05, 0.1) is 21.3 Å². The van der Waals surface area contributed by atoms with E-state index >= 15 is 0 Å². The Morgan fingerprint density at radius 3 is 2.03 bits per heavy atom. The van der Waals surface area contributed by atoms with Crippen LogP contribution in [0.15, 0.2) is 41.4 Å². The summed E-state index contributed by atoms with van der Waals surface area (Å²) < 4.78 is 56.3. The van der Waals surface area contributed by atoms with Crippen molar-refractivity contribution in [1.29, 1.82) is 0 Å². The quantitative estimate of drug-likeness (QED) is 0.508. The van der Waals surface area contributed by atoms with E-state index in [2.05, 4.69) is 15.0 Å². The predicted octanol–water partition coefficient (Wildman–Crippen LogP) is 3.58. The second kappa shape index (κ2) is 9.76. The minimum atomic E-state index is -4.74. The smallest absolute Gasteiger partial charge is 0.496 e. The van der Waals surface area contributed by atoms with E-state index < -0.39 is 6.36 Å². The summed E-state index contributed by atoms with van der Waals surface area (Å²) in [5, 5.41) is 2.80. The molecule has 3 N–H and O–H groups in total. The molecular formula is C19H22F3N3O4. The van der Waals surface area contributed by atoms with Crippen LogP contribution >= 0.6 is 0 Å². The van der Waals surface area contributed by atoms with Crippen LogP contribution in [0, 0.1) is 0 Å². The van der Waals surface area contributed by atoms with Crippen molar-refractivity contribution in [2.75, 3.05) is 33.2 Å². The lowest BCUT2D eigenvalue weighted by Gasteiger charge is -2.14. The SMILES string of the molecule is COc1cc(OC)c(CCN=C(N)Nc2ccc(OC(F)(F)F)cc2)c(OC)c1. The first-order chi connectivity index (χ1) is 13.8. The molecule has 10 heteroatoms. The van der Waals surface area contributed by atoms with E-state index in [4.69, 9.17) is 19.9 Å². The number of anilines is 1. The summed E-state index contributed by atoms with van der Waals surface area (Å²) in [6.45, 7) is 0.327. The van der Waals surface area contributed by atoms with Crippen LogP contribution in [-0.4, -0.2) is 40.2 Å². The number of nitrogens with zero attached hydrogens (tertiary/aromatic N) is 1. The first kappa shape index (κ1) is 22.0. The van der Waals surface area contributed by atoms with Crippen molar-refractivity contribution in [2.24, 2.45) is 10.7 Å². The summed E-state index contributed by atoms with van der Waals surface area (Å²) in [7, 11) is 4.64. The maximum absolute atomic E-state index is 12.2. The molecular weight excluding hydrogens is 391 g/mol. The van der Waals surface area contributed by atoms with Gasteiger partial charge in [0.1, 0.15) is 23.0 Å². The molecule has 0 bridgehead atoms. The molecule has 158 valence electrons. The first-order valence-electron chi connectivity index (χ1n) is 8.47. The minimum Gasteiger partial charge on any atom is -0.496 e. The third-order valence-electron chi connectivity index (χ3n) is 3.82. The molecule has 0 saturated heterocycles. The standard InChI is InChI=1S/C19H22F3N3O4/c1-26-14-10-16(27-2)15(17(11-14)28-3)8-9-24-18(23)25-12-4-6-13(7-5-12)29-19(20,21)22/h4-7,10-11H,8-9H2,1-3H3,(H3,23,24,25). The zero-order chi connectivity index (χ0) is 21.4. The van der Waals surface area contributed by atoms with Crippen molar-refractivity contribution in [3.05, 3.63) is 42.0 Å². The summed E-state index contributed by atoms with van der Waals surface area (Å²) in [6, 6.07) is 8.64. The molecule has 0 amide bonds. The van der Waals surface area contributed by atoms with Gasteiger partial charge in [-0.3, -0.25) is 4.99 Å². The van der Waals surface area contributed by atoms with Gasteiger partial charge in [-0.25, -0.2) is 0 Å². The zero-order valence-electron chi connectivity index (χ0n) is 16.2. The summed E-state index contributed by atoms with van der Waals surface area (Å²) in [4.78, 5) is 4.22. The predicted molar refractivity (Wildman–Crippen MR) is 103 cm³/mol. The van der Waals surface area contributed by atoms with Gasteiger partial charge in [-0.1, -0.05) is 0 Å². The largest absolute Gasteiger partial charge is 0.573 e. The van der Waals surface area contributed by atoms with Gasteiger partial charge in [-0.15, -0.1) is 13.2 Å². The number of benzene rings is 2. The molecule has 0 heterocycles. The molecule has 0 saturated carbocycles. The first-order valence-corrected chi connectivity index (χ1v) is 8.47. The van der Waals surface area contributed by atoms with E-state index in [0.29, 0.717) is 35.9 Å². The second-order valence-electron chi connectivity index (χ2n) is 5.72. The monoisotopic (exact) mass is 413 g/mol. The topological polar surface area (TPSA) is 87.3 Å². The van der Waals surface area contributed by atoms with E-state index in [1.54, 1.807) is 33.5 Å². The summed E-state index contributed by atoms with van der Waals surface area (Å²) in [6.07, 6.45) is -4.25. The Kier molecular flexibility index (Phi) is 7.40. The van der Waals surface area contributed by atoms with Crippen molar-refractivity contribution < 1.29 is 32.1 Å². The zero-order valence-corrected chi connectivity index (χ0v) is 16.2. The summed E-state index contributed by atoms with van der Waals surface area (Å²) in [5.41, 5.74) is 7.12. The number of alkyl halides is 3. The molecule has 0 spiro atoms. The van der Waals surface area contributed by atoms with Gasteiger partial charge < -0.3 is 30.0 Å². The third kappa shape index (κ3) is 6.66. The number of hydrogen-bond acceptors (Lipinski definition) is 5. The molecule has 0 aliphatic heterocycles. The van der Waals surface area contributed by atoms with Gasteiger partial charge in [0.2, 0.25) is 0 Å². The van der Waals surface area contributed by atoms with Crippen molar-refractivity contribution in [1.82, 2.24) is 0 Å². The molecule has 29 heavy (non-hydrogen) atoms. The maximum Gasteiger partial charge on any atom is 0.573 e. The second-order valence-corrected chi connectivity index (χ2v) is 5.72. The number of nitrogens with two attached hydrogens (primary N) is 1. The van der Waals surface area contributed by atoms with E-state index in [1.165, 1.54) is 24.3 Å². The van der Waals surface area contributed by atoms with E-state index in [-0.39, 0.29) is 11.7 Å². The Balaban J connectivity index is 2.00. The third-order valence-corrected chi connectivity index (χ3v) is 3.82. The molecule has 2 aromatic carbocycles. The van der Waals surface area contributed by atoms with Crippen LogP contribution in [0.2, 0.25) is 0 Å². The van der Waals surface area contributed by atoms with Gasteiger partial charge in [-0.05, 0) is 30.7 Å². The fourth-order valence-electron chi connectivity index (χ4n) is 2.54. The average molecular weight is 413 g/mol. The molecule has 0 aromatic heterocycles. The highest BCUT2D eigenvalue weighted by Crippen LogP contribution is 2.34. The number of halogens is 3. The van der Waals surface area contributed by atoms with Crippen LogP contribution < -0.4 is 30.0 Å². The van der Waals surface area contributed by atoms with Crippen molar-refractivity contribution in [3.63, 3.8) is 0 Å². The van der Waals surface area contributed by atoms with E-state index in [9.17, 15) is 13.2 Å². The number of rotatable bonds is 8. The van der Waals surface area contributed by atoms with E-state index in [1.807, 2.05) is 0 Å². The molecule has 0 unspecified atom stereocenters. The summed E-state index contributed by atoms with van der Waals surface area (Å²) >= 11 is 0. The van der Waals surface area contributed by atoms with Gasteiger partial charge in [0.25, 0.3) is 0 Å². The lowest BCUT2D eigenvalue weighted by atomic mass is 10.1. The maximum atomic E-state index is 12.2. The average Bonchev–Trinajstić information content (AvgIpc) is 2.68. The number of ether oxygens (including phenoxy) is 4. The van der Waals surface area contributed by atoms with E-state index in [0.717, 1.165) is 5.56 Å². The minimum absolute atomic E-state index is 0.112. The van der Waals surface area contributed by atoms with Crippen LogP contribution in [0.3, 0.4) is 0 Å². The van der Waals surface area contributed by atoms with Crippen LogP contribution in [0.1, 0.15) is 5.56 Å². The molecule has 0 aliphatic carbocycles. The Bertz CT molecular complexity index is 815. The fraction of sp³-hybridized carbons (Fsp3) is 0.316. The molecule has 2 rings (SSSR count). The molecule has 0 atom stereocenters. The van der Waals surface area contributed by atoms with Gasteiger partial charge >= 0.3 is 6.36 Å². The Hall–Kier alpha value is -3.30. The Morgan fingerprint density at radius 1 is 0.966 bits per heavy atom. The molecule has 0 radical (unpaired) electrons. The lowest BCUT2D eigenvalue weighted by Crippen LogP contribution is -2.23. The highest BCUT2D eigenvalue weighted by Gasteiger charge is 2.30. The highest BCUT2D eigenvalue weighted by molar-refractivity contribution is 5.92. The van der Waals surface area contributed by atoms with Gasteiger partial charge in [0.15, 0.2) is 5.96 Å². The van der Waals surface area contributed by atoms with Crippen molar-refractivity contribution in [3.8, 4) is 23.0 Å². The molecule has 0 aliphatic rings. The number of methoxy groups -OCH3 is 3. The fourth-order valence-corrected chi connectivity index (χ4v) is 2.54. The highest BCUT2D eigenvalue weighted by atomic mass is 19.4. The lowest BCUT2D eigenvalue weighted by molar-refractivity contribution is -0.274. The normalized spacial score (nSPS) is 11.7. The van der Waals surface area contributed by atoms with Crippen LogP contribution in [-0.2, 0) is 6.42 Å². The van der Waals surface area contributed by atoms with Gasteiger partial charge in [-0.2, -0.15) is 0 Å².